The van der Waals surface area contributed by atoms with E-state index in [0.717, 1.165) is 22.4 Å². The van der Waals surface area contributed by atoms with Gasteiger partial charge < -0.3 is 15.8 Å². The zero-order valence-corrected chi connectivity index (χ0v) is 11.3. The number of aryl methyl sites for hydroxylation is 1. The highest BCUT2D eigenvalue weighted by Crippen LogP contribution is 2.20. The topological polar surface area (TPSA) is 59.6 Å². The second kappa shape index (κ2) is 6.69. The molecule has 0 aromatic heterocycles. The summed E-state index contributed by atoms with van der Waals surface area (Å²) in [6.45, 7) is 8.89. The maximum Gasteiger partial charge on any atom is 0.189 e. The van der Waals surface area contributed by atoms with Gasteiger partial charge in [-0.2, -0.15) is 0 Å². The van der Waals surface area contributed by atoms with E-state index in [-0.39, 0.29) is 0 Å². The molecule has 0 bridgehead atoms. The van der Waals surface area contributed by atoms with Gasteiger partial charge in [-0.1, -0.05) is 24.3 Å². The minimum atomic E-state index is 0.417. The summed E-state index contributed by atoms with van der Waals surface area (Å²) in [7, 11) is 1.66. The monoisotopic (exact) mass is 247 g/mol. The van der Waals surface area contributed by atoms with E-state index in [1.807, 2.05) is 32.0 Å². The number of aliphatic imine (C=N–C) groups is 1. The predicted octanol–water partition coefficient (Wildman–Crippen LogP) is 1.98. The third-order valence-corrected chi connectivity index (χ3v) is 2.43. The Morgan fingerprint density at radius 1 is 1.50 bits per heavy atom. The molecule has 0 atom stereocenters. The van der Waals surface area contributed by atoms with Crippen LogP contribution in [0.3, 0.4) is 0 Å². The summed E-state index contributed by atoms with van der Waals surface area (Å²) in [5.74, 6) is 1.26. The lowest BCUT2D eigenvalue weighted by molar-refractivity contribution is 0.409. The SMILES string of the molecule is C=C(C)CNC(N)=NCc1ccc(C)cc1OC. The van der Waals surface area contributed by atoms with Crippen LogP contribution in [0.2, 0.25) is 0 Å². The molecular weight excluding hydrogens is 226 g/mol. The molecule has 0 radical (unpaired) electrons. The van der Waals surface area contributed by atoms with Crippen LogP contribution in [0.5, 0.6) is 5.75 Å². The summed E-state index contributed by atoms with van der Waals surface area (Å²) >= 11 is 0. The molecule has 1 aromatic carbocycles. The number of nitrogens with zero attached hydrogens (tertiary/aromatic N) is 1. The summed E-state index contributed by atoms with van der Waals surface area (Å²) < 4.78 is 5.31. The minimum absolute atomic E-state index is 0.417. The fourth-order valence-electron chi connectivity index (χ4n) is 1.45. The lowest BCUT2D eigenvalue weighted by Gasteiger charge is -2.08. The van der Waals surface area contributed by atoms with E-state index in [4.69, 9.17) is 10.5 Å². The van der Waals surface area contributed by atoms with Crippen molar-refractivity contribution in [2.45, 2.75) is 20.4 Å². The highest BCUT2D eigenvalue weighted by atomic mass is 16.5. The molecular formula is C14H21N3O. The molecule has 0 saturated carbocycles. The van der Waals surface area contributed by atoms with Crippen LogP contribution in [0.4, 0.5) is 0 Å². The van der Waals surface area contributed by atoms with Crippen molar-refractivity contribution in [1.29, 1.82) is 0 Å². The Labute approximate surface area is 109 Å². The highest BCUT2D eigenvalue weighted by molar-refractivity contribution is 5.78. The quantitative estimate of drug-likeness (QED) is 0.475. The molecule has 98 valence electrons. The van der Waals surface area contributed by atoms with Crippen molar-refractivity contribution in [2.24, 2.45) is 10.7 Å². The Kier molecular flexibility index (Phi) is 5.24. The van der Waals surface area contributed by atoms with Gasteiger partial charge in [0.2, 0.25) is 0 Å². The van der Waals surface area contributed by atoms with Gasteiger partial charge in [0.25, 0.3) is 0 Å². The van der Waals surface area contributed by atoms with E-state index in [1.165, 1.54) is 0 Å². The number of hydrogen-bond acceptors (Lipinski definition) is 2. The van der Waals surface area contributed by atoms with Crippen molar-refractivity contribution in [2.75, 3.05) is 13.7 Å². The van der Waals surface area contributed by atoms with Crippen molar-refractivity contribution in [3.8, 4) is 5.75 Å². The first-order valence-electron chi connectivity index (χ1n) is 5.84. The fraction of sp³-hybridized carbons (Fsp3) is 0.357. The molecule has 0 heterocycles. The van der Waals surface area contributed by atoms with Crippen LogP contribution in [0.1, 0.15) is 18.1 Å². The first kappa shape index (κ1) is 14.1. The first-order chi connectivity index (χ1) is 8.52. The van der Waals surface area contributed by atoms with Crippen molar-refractivity contribution >= 4 is 5.96 Å². The highest BCUT2D eigenvalue weighted by Gasteiger charge is 2.02. The van der Waals surface area contributed by atoms with E-state index < -0.39 is 0 Å². The van der Waals surface area contributed by atoms with Gasteiger partial charge >= 0.3 is 0 Å². The summed E-state index contributed by atoms with van der Waals surface area (Å²) in [6.07, 6.45) is 0. The van der Waals surface area contributed by atoms with Crippen molar-refractivity contribution in [3.63, 3.8) is 0 Å². The fourth-order valence-corrected chi connectivity index (χ4v) is 1.45. The van der Waals surface area contributed by atoms with Gasteiger partial charge in [0, 0.05) is 12.1 Å². The summed E-state index contributed by atoms with van der Waals surface area (Å²) in [4.78, 5) is 4.27. The van der Waals surface area contributed by atoms with Gasteiger partial charge in [-0.15, -0.1) is 0 Å². The van der Waals surface area contributed by atoms with Gasteiger partial charge in [0.05, 0.1) is 13.7 Å². The van der Waals surface area contributed by atoms with E-state index in [1.54, 1.807) is 7.11 Å². The molecule has 4 nitrogen and oxygen atoms in total. The average molecular weight is 247 g/mol. The standard InChI is InChI=1S/C14H21N3O/c1-10(2)8-16-14(15)17-9-12-6-5-11(3)7-13(12)18-4/h5-7H,1,8-9H2,2-4H3,(H3,15,16,17). The lowest BCUT2D eigenvalue weighted by Crippen LogP contribution is -2.32. The zero-order chi connectivity index (χ0) is 13.5. The maximum absolute atomic E-state index is 5.75. The Morgan fingerprint density at radius 2 is 2.22 bits per heavy atom. The molecule has 18 heavy (non-hydrogen) atoms. The molecule has 4 heteroatoms. The largest absolute Gasteiger partial charge is 0.496 e. The number of rotatable bonds is 5. The Balaban J connectivity index is 2.67. The van der Waals surface area contributed by atoms with Gasteiger partial charge in [-0.25, -0.2) is 4.99 Å². The Hall–Kier alpha value is -1.97. The molecule has 0 amide bonds. The number of methoxy groups -OCH3 is 1. The van der Waals surface area contributed by atoms with Crippen LogP contribution >= 0.6 is 0 Å². The molecule has 3 N–H and O–H groups in total. The van der Waals surface area contributed by atoms with E-state index in [2.05, 4.69) is 16.9 Å². The van der Waals surface area contributed by atoms with Crippen LogP contribution < -0.4 is 15.8 Å². The molecule has 0 aliphatic rings. The lowest BCUT2D eigenvalue weighted by atomic mass is 10.1. The number of nitrogens with two attached hydrogens (primary N) is 1. The second-order valence-electron chi connectivity index (χ2n) is 4.33. The Bertz CT molecular complexity index is 452. The summed E-state index contributed by atoms with van der Waals surface area (Å²) in [5.41, 5.74) is 8.94. The summed E-state index contributed by atoms with van der Waals surface area (Å²) in [6, 6.07) is 6.02. The van der Waals surface area contributed by atoms with E-state index in [9.17, 15) is 0 Å². The van der Waals surface area contributed by atoms with Crippen LogP contribution in [-0.4, -0.2) is 19.6 Å². The molecule has 0 aliphatic carbocycles. The molecule has 0 unspecified atom stereocenters. The number of nitrogens with one attached hydrogen (secondary N) is 1. The third-order valence-electron chi connectivity index (χ3n) is 2.43. The van der Waals surface area contributed by atoms with Crippen LogP contribution in [0.15, 0.2) is 35.3 Å². The molecule has 0 spiro atoms. The minimum Gasteiger partial charge on any atom is -0.496 e. The summed E-state index contributed by atoms with van der Waals surface area (Å²) in [5, 5.41) is 2.99. The molecule has 1 aromatic rings. The third kappa shape index (κ3) is 4.49. The normalized spacial score (nSPS) is 11.2. The zero-order valence-electron chi connectivity index (χ0n) is 11.3. The number of guanidine groups is 1. The number of benzene rings is 1. The molecule has 1 rings (SSSR count). The Morgan fingerprint density at radius 3 is 2.83 bits per heavy atom. The molecule has 0 saturated heterocycles. The van der Waals surface area contributed by atoms with E-state index >= 15 is 0 Å². The van der Waals surface area contributed by atoms with Crippen molar-refractivity contribution < 1.29 is 4.74 Å². The van der Waals surface area contributed by atoms with Gasteiger partial charge in [-0.05, 0) is 25.5 Å². The maximum atomic E-state index is 5.75. The first-order valence-corrected chi connectivity index (χ1v) is 5.84. The predicted molar refractivity (Wildman–Crippen MR) is 75.9 cm³/mol. The van der Waals surface area contributed by atoms with E-state index in [0.29, 0.717) is 19.0 Å². The molecule has 0 fully saturated rings. The van der Waals surface area contributed by atoms with Crippen LogP contribution in [0.25, 0.3) is 0 Å². The smallest absolute Gasteiger partial charge is 0.189 e. The van der Waals surface area contributed by atoms with Gasteiger partial charge in [0.1, 0.15) is 5.75 Å². The second-order valence-corrected chi connectivity index (χ2v) is 4.33. The van der Waals surface area contributed by atoms with Gasteiger partial charge in [-0.3, -0.25) is 0 Å². The van der Waals surface area contributed by atoms with Gasteiger partial charge in [0.15, 0.2) is 5.96 Å². The average Bonchev–Trinajstić information content (AvgIpc) is 2.34. The van der Waals surface area contributed by atoms with Crippen molar-refractivity contribution in [3.05, 3.63) is 41.5 Å². The number of hydrogen-bond donors (Lipinski definition) is 2. The van der Waals surface area contributed by atoms with Crippen molar-refractivity contribution in [1.82, 2.24) is 5.32 Å². The molecule has 0 aliphatic heterocycles. The van der Waals surface area contributed by atoms with Crippen LogP contribution in [-0.2, 0) is 6.54 Å². The number of ether oxygens (including phenoxy) is 1. The van der Waals surface area contributed by atoms with Crippen LogP contribution in [0, 0.1) is 6.92 Å².